The first-order chi connectivity index (χ1) is 13.2. The number of halogens is 3. The second-order valence-electron chi connectivity index (χ2n) is 6.02. The third-order valence-corrected chi connectivity index (χ3v) is 4.39. The molecule has 0 N–H and O–H groups in total. The van der Waals surface area contributed by atoms with Crippen molar-refractivity contribution in [3.63, 3.8) is 0 Å². The van der Waals surface area contributed by atoms with E-state index in [4.69, 9.17) is 0 Å². The van der Waals surface area contributed by atoms with Gasteiger partial charge in [-0.25, -0.2) is 13.2 Å². The van der Waals surface area contributed by atoms with Crippen molar-refractivity contribution in [2.24, 2.45) is 0 Å². The predicted octanol–water partition coefficient (Wildman–Crippen LogP) is 6.50. The van der Waals surface area contributed by atoms with Gasteiger partial charge in [0, 0.05) is 28.5 Å². The van der Waals surface area contributed by atoms with Crippen molar-refractivity contribution in [2.45, 2.75) is 0 Å². The molecule has 0 fully saturated rings. The number of benzene rings is 3. The number of hydrogen-bond acceptors (Lipinski definition) is 1. The molecule has 0 radical (unpaired) electrons. The van der Waals surface area contributed by atoms with Gasteiger partial charge in [0.05, 0.1) is 5.69 Å². The molecule has 0 aliphatic rings. The van der Waals surface area contributed by atoms with E-state index in [1.54, 1.807) is 60.7 Å². The molecule has 0 spiro atoms. The van der Waals surface area contributed by atoms with Crippen molar-refractivity contribution in [2.75, 3.05) is 0 Å². The Balaban J connectivity index is 2.10. The highest BCUT2D eigenvalue weighted by atomic mass is 19.1. The molecule has 0 saturated carbocycles. The maximum atomic E-state index is 14.7. The molecule has 3 aromatic carbocycles. The molecule has 1 heterocycles. The Bertz CT molecular complexity index is 1060. The van der Waals surface area contributed by atoms with Gasteiger partial charge in [-0.15, -0.1) is 0 Å². The van der Waals surface area contributed by atoms with Crippen LogP contribution in [0.5, 0.6) is 0 Å². The summed E-state index contributed by atoms with van der Waals surface area (Å²) in [5.41, 5.74) is 1.84. The van der Waals surface area contributed by atoms with Crippen LogP contribution in [0.2, 0.25) is 0 Å². The van der Waals surface area contributed by atoms with Crippen molar-refractivity contribution >= 4 is 0 Å². The molecule has 4 heteroatoms. The third kappa shape index (κ3) is 3.10. The molecule has 0 bridgehead atoms. The zero-order valence-electron chi connectivity index (χ0n) is 14.2. The Morgan fingerprint density at radius 3 is 1.52 bits per heavy atom. The van der Waals surface area contributed by atoms with Crippen LogP contribution >= 0.6 is 0 Å². The summed E-state index contributed by atoms with van der Waals surface area (Å²) in [6.07, 6.45) is 1.48. The quantitative estimate of drug-likeness (QED) is 0.406. The Kier molecular flexibility index (Phi) is 4.47. The average Bonchev–Trinajstić information content (AvgIpc) is 2.69. The summed E-state index contributed by atoms with van der Waals surface area (Å²) in [6, 6.07) is 20.2. The van der Waals surface area contributed by atoms with E-state index in [1.807, 2.05) is 0 Å². The molecule has 1 aromatic heterocycles. The lowest BCUT2D eigenvalue weighted by atomic mass is 9.90. The standard InChI is InChI=1S/C23H14F3N/c24-19-10-4-1-7-15(19)16-13-14-27-23(18-9-3-6-12-21(18)26)22(16)17-8-2-5-11-20(17)25/h1-14H. The van der Waals surface area contributed by atoms with E-state index in [0.29, 0.717) is 16.7 Å². The summed E-state index contributed by atoms with van der Waals surface area (Å²) < 4.78 is 43.6. The smallest absolute Gasteiger partial charge is 0.132 e. The minimum Gasteiger partial charge on any atom is -0.255 e. The second-order valence-corrected chi connectivity index (χ2v) is 6.02. The van der Waals surface area contributed by atoms with Crippen molar-refractivity contribution in [3.05, 3.63) is 103 Å². The lowest BCUT2D eigenvalue weighted by molar-refractivity contribution is 0.628. The highest BCUT2D eigenvalue weighted by Crippen LogP contribution is 2.40. The summed E-state index contributed by atoms with van der Waals surface area (Å²) in [5.74, 6) is -1.41. The number of pyridine rings is 1. The molecule has 0 amide bonds. The third-order valence-electron chi connectivity index (χ3n) is 4.39. The zero-order valence-corrected chi connectivity index (χ0v) is 14.2. The first kappa shape index (κ1) is 17.0. The van der Waals surface area contributed by atoms with E-state index < -0.39 is 17.5 Å². The second kappa shape index (κ2) is 7.08. The fraction of sp³-hybridized carbons (Fsp3) is 0. The summed E-state index contributed by atoms with van der Waals surface area (Å²) in [6.45, 7) is 0. The van der Waals surface area contributed by atoms with Gasteiger partial charge in [-0.1, -0.05) is 48.5 Å². The van der Waals surface area contributed by atoms with Gasteiger partial charge >= 0.3 is 0 Å². The van der Waals surface area contributed by atoms with Crippen LogP contribution in [0.4, 0.5) is 13.2 Å². The molecule has 4 aromatic rings. The molecular formula is C23H14F3N. The molecule has 0 aliphatic heterocycles. The highest BCUT2D eigenvalue weighted by Gasteiger charge is 2.20. The van der Waals surface area contributed by atoms with Crippen LogP contribution in [0, 0.1) is 17.5 Å². The number of hydrogen-bond donors (Lipinski definition) is 0. The largest absolute Gasteiger partial charge is 0.255 e. The molecule has 0 saturated heterocycles. The highest BCUT2D eigenvalue weighted by molar-refractivity contribution is 5.93. The van der Waals surface area contributed by atoms with Crippen molar-refractivity contribution in [1.82, 2.24) is 4.98 Å². The van der Waals surface area contributed by atoms with E-state index in [0.717, 1.165) is 0 Å². The first-order valence-electron chi connectivity index (χ1n) is 8.40. The van der Waals surface area contributed by atoms with Gasteiger partial charge in [-0.05, 0) is 35.9 Å². The van der Waals surface area contributed by atoms with Crippen LogP contribution in [-0.4, -0.2) is 4.98 Å². The maximum Gasteiger partial charge on any atom is 0.132 e. The first-order valence-corrected chi connectivity index (χ1v) is 8.40. The summed E-state index contributed by atoms with van der Waals surface area (Å²) in [5, 5.41) is 0. The van der Waals surface area contributed by atoms with Crippen LogP contribution in [-0.2, 0) is 0 Å². The summed E-state index contributed by atoms with van der Waals surface area (Å²) in [7, 11) is 0. The lowest BCUT2D eigenvalue weighted by Gasteiger charge is -2.16. The van der Waals surface area contributed by atoms with Crippen LogP contribution < -0.4 is 0 Å². The van der Waals surface area contributed by atoms with E-state index in [2.05, 4.69) is 4.98 Å². The van der Waals surface area contributed by atoms with E-state index >= 15 is 0 Å². The minimum absolute atomic E-state index is 0.231. The Labute approximate surface area is 154 Å². The van der Waals surface area contributed by atoms with Crippen molar-refractivity contribution in [3.8, 4) is 33.5 Å². The van der Waals surface area contributed by atoms with E-state index in [-0.39, 0.29) is 16.8 Å². The monoisotopic (exact) mass is 361 g/mol. The van der Waals surface area contributed by atoms with Crippen LogP contribution in [0.25, 0.3) is 33.5 Å². The molecule has 0 atom stereocenters. The molecule has 4 rings (SSSR count). The fourth-order valence-electron chi connectivity index (χ4n) is 3.16. The molecule has 27 heavy (non-hydrogen) atoms. The van der Waals surface area contributed by atoms with Gasteiger partial charge in [-0.2, -0.15) is 0 Å². The number of aromatic nitrogens is 1. The van der Waals surface area contributed by atoms with Gasteiger partial charge in [-0.3, -0.25) is 4.98 Å². The van der Waals surface area contributed by atoms with Crippen molar-refractivity contribution < 1.29 is 13.2 Å². The maximum absolute atomic E-state index is 14.7. The van der Waals surface area contributed by atoms with Crippen molar-refractivity contribution in [1.29, 1.82) is 0 Å². The number of rotatable bonds is 3. The molecule has 0 unspecified atom stereocenters. The predicted molar refractivity (Wildman–Crippen MR) is 100 cm³/mol. The van der Waals surface area contributed by atoms with Crippen LogP contribution in [0.15, 0.2) is 85.1 Å². The van der Waals surface area contributed by atoms with E-state index in [9.17, 15) is 13.2 Å². The SMILES string of the molecule is Fc1ccccc1-c1ccnc(-c2ccccc2F)c1-c1ccccc1F. The Morgan fingerprint density at radius 1 is 0.481 bits per heavy atom. The van der Waals surface area contributed by atoms with Crippen LogP contribution in [0.3, 0.4) is 0 Å². The molecular weight excluding hydrogens is 347 g/mol. The fourth-order valence-corrected chi connectivity index (χ4v) is 3.16. The Morgan fingerprint density at radius 2 is 0.963 bits per heavy atom. The van der Waals surface area contributed by atoms with Gasteiger partial charge in [0.25, 0.3) is 0 Å². The van der Waals surface area contributed by atoms with Gasteiger partial charge < -0.3 is 0 Å². The zero-order chi connectivity index (χ0) is 18.8. The number of nitrogens with zero attached hydrogens (tertiary/aromatic N) is 1. The molecule has 0 aliphatic carbocycles. The topological polar surface area (TPSA) is 12.9 Å². The summed E-state index contributed by atoms with van der Waals surface area (Å²) >= 11 is 0. The Hall–Kier alpha value is -3.40. The molecule has 132 valence electrons. The molecule has 1 nitrogen and oxygen atoms in total. The average molecular weight is 361 g/mol. The van der Waals surface area contributed by atoms with Gasteiger partial charge in [0.1, 0.15) is 17.5 Å². The van der Waals surface area contributed by atoms with Crippen LogP contribution in [0.1, 0.15) is 0 Å². The minimum atomic E-state index is -0.485. The van der Waals surface area contributed by atoms with Gasteiger partial charge in [0.2, 0.25) is 0 Å². The van der Waals surface area contributed by atoms with Gasteiger partial charge in [0.15, 0.2) is 0 Å². The summed E-state index contributed by atoms with van der Waals surface area (Å²) in [4.78, 5) is 4.31. The lowest BCUT2D eigenvalue weighted by Crippen LogP contribution is -1.98. The van der Waals surface area contributed by atoms with E-state index in [1.165, 1.54) is 24.4 Å². The normalized spacial score (nSPS) is 10.8.